The van der Waals surface area contributed by atoms with Gasteiger partial charge in [-0.1, -0.05) is 71.7 Å². The number of nitrogens with zero attached hydrogens (tertiary/aromatic N) is 4. The molecule has 12 heteroatoms. The number of ether oxygens (including phenoxy) is 2. The Balaban J connectivity index is 1.19. The van der Waals surface area contributed by atoms with E-state index in [1.54, 1.807) is 14.2 Å². The van der Waals surface area contributed by atoms with Gasteiger partial charge in [-0.3, -0.25) is 9.59 Å². The number of amides is 2. The lowest BCUT2D eigenvalue weighted by Gasteiger charge is -2.20. The lowest BCUT2D eigenvalue weighted by Crippen LogP contribution is -2.37. The van der Waals surface area contributed by atoms with E-state index < -0.39 is 0 Å². The van der Waals surface area contributed by atoms with Gasteiger partial charge in [-0.05, 0) is 25.0 Å². The summed E-state index contributed by atoms with van der Waals surface area (Å²) in [5, 5.41) is 7.92. The second kappa shape index (κ2) is 15.8. The van der Waals surface area contributed by atoms with E-state index in [4.69, 9.17) is 42.6 Å². The third kappa shape index (κ3) is 7.44. The van der Waals surface area contributed by atoms with E-state index in [9.17, 15) is 9.59 Å². The molecule has 2 atom stereocenters. The summed E-state index contributed by atoms with van der Waals surface area (Å²) in [5.41, 5.74) is 6.20. The van der Waals surface area contributed by atoms with E-state index in [1.165, 1.54) is 0 Å². The predicted octanol–water partition coefficient (Wildman–Crippen LogP) is 6.22. The first-order chi connectivity index (χ1) is 24.2. The predicted molar refractivity (Wildman–Crippen MR) is 196 cm³/mol. The van der Waals surface area contributed by atoms with Crippen LogP contribution in [0.4, 0.5) is 0 Å². The number of carbonyl (C=O) groups is 2. The molecular weight excluding hydrogens is 675 g/mol. The van der Waals surface area contributed by atoms with Crippen molar-refractivity contribution >= 4 is 35.0 Å². The summed E-state index contributed by atoms with van der Waals surface area (Å²) < 4.78 is 11.3. The highest BCUT2D eigenvalue weighted by Crippen LogP contribution is 2.42. The van der Waals surface area contributed by atoms with Crippen molar-refractivity contribution in [1.82, 2.24) is 30.4 Å². The molecule has 2 aromatic heterocycles. The van der Waals surface area contributed by atoms with Crippen LogP contribution < -0.4 is 20.1 Å². The molecule has 2 amide bonds. The number of pyridine rings is 2. The van der Waals surface area contributed by atoms with Crippen molar-refractivity contribution in [2.24, 2.45) is 0 Å². The van der Waals surface area contributed by atoms with Gasteiger partial charge in [0.25, 0.3) is 0 Å². The molecule has 2 aromatic carbocycles. The average Bonchev–Trinajstić information content (AvgIpc) is 3.63. The molecule has 10 nitrogen and oxygen atoms in total. The van der Waals surface area contributed by atoms with Gasteiger partial charge in [0.05, 0.1) is 35.7 Å². The van der Waals surface area contributed by atoms with Gasteiger partial charge >= 0.3 is 0 Å². The van der Waals surface area contributed by atoms with E-state index in [2.05, 4.69) is 10.6 Å². The van der Waals surface area contributed by atoms with Crippen molar-refractivity contribution in [3.63, 3.8) is 0 Å². The minimum absolute atomic E-state index is 0.187. The van der Waals surface area contributed by atoms with Crippen molar-refractivity contribution < 1.29 is 19.1 Å². The van der Waals surface area contributed by atoms with Crippen LogP contribution in [0, 0.1) is 0 Å². The first-order valence-electron chi connectivity index (χ1n) is 16.8. The van der Waals surface area contributed by atoms with E-state index in [-0.39, 0.29) is 23.9 Å². The standard InChI is InChI=1S/C38H42Cl2N6O4/c1-45-25(13-17-33(45)47)21-41-19-23-11-15-31(43-37(23)49-3)29-9-5-7-27(35(29)39)28-8-6-10-30(36(28)40)32-16-12-24(38(44-32)50-4)20-42-22-26-14-18-34(48)46(26)2/h5-12,15-16,25-26,41-42H,13-14,17-22H2,1-4H3. The van der Waals surface area contributed by atoms with Crippen LogP contribution in [0.3, 0.4) is 0 Å². The summed E-state index contributed by atoms with van der Waals surface area (Å²) in [6.45, 7) is 2.52. The highest BCUT2D eigenvalue weighted by Gasteiger charge is 2.28. The molecule has 6 rings (SSSR count). The van der Waals surface area contributed by atoms with Crippen LogP contribution in [0.1, 0.15) is 36.8 Å². The van der Waals surface area contributed by atoms with Crippen LogP contribution in [-0.4, -0.2) is 85.1 Å². The number of hydrogen-bond acceptors (Lipinski definition) is 8. The number of benzene rings is 2. The molecule has 4 aromatic rings. The van der Waals surface area contributed by atoms with Gasteiger partial charge in [0.1, 0.15) is 0 Å². The van der Waals surface area contributed by atoms with E-state index in [0.717, 1.165) is 46.2 Å². The molecule has 4 heterocycles. The number of rotatable bonds is 13. The van der Waals surface area contributed by atoms with Crippen LogP contribution in [0.2, 0.25) is 10.0 Å². The Morgan fingerprint density at radius 2 is 1.06 bits per heavy atom. The first kappa shape index (κ1) is 35.6. The summed E-state index contributed by atoms with van der Waals surface area (Å²) in [4.78, 5) is 37.0. The topological polar surface area (TPSA) is 109 Å². The molecular formula is C38H42Cl2N6O4. The Hall–Kier alpha value is -4.22. The largest absolute Gasteiger partial charge is 0.481 e. The fourth-order valence-electron chi connectivity index (χ4n) is 6.69. The van der Waals surface area contributed by atoms with Crippen molar-refractivity contribution in [2.75, 3.05) is 41.4 Å². The van der Waals surface area contributed by atoms with Gasteiger partial charge in [0.2, 0.25) is 23.6 Å². The molecule has 2 aliphatic rings. The van der Waals surface area contributed by atoms with E-state index >= 15 is 0 Å². The number of carbonyl (C=O) groups excluding carboxylic acids is 2. The van der Waals surface area contributed by atoms with Crippen molar-refractivity contribution in [2.45, 2.75) is 50.9 Å². The van der Waals surface area contributed by atoms with Gasteiger partial charge in [0, 0.05) is 98.6 Å². The summed E-state index contributed by atoms with van der Waals surface area (Å²) >= 11 is 14.2. The highest BCUT2D eigenvalue weighted by molar-refractivity contribution is 6.39. The number of aromatic nitrogens is 2. The maximum Gasteiger partial charge on any atom is 0.222 e. The number of nitrogens with one attached hydrogen (secondary N) is 2. The molecule has 2 fully saturated rings. The summed E-state index contributed by atoms with van der Waals surface area (Å²) in [7, 11) is 6.92. The Morgan fingerprint density at radius 3 is 1.42 bits per heavy atom. The summed E-state index contributed by atoms with van der Waals surface area (Å²) in [6.07, 6.45) is 2.91. The zero-order chi connectivity index (χ0) is 35.4. The Kier molecular flexibility index (Phi) is 11.2. The number of hydrogen-bond donors (Lipinski definition) is 2. The Bertz CT molecular complexity index is 1750. The first-order valence-corrected chi connectivity index (χ1v) is 17.5. The molecule has 0 saturated carbocycles. The molecule has 0 bridgehead atoms. The maximum atomic E-state index is 11.9. The number of likely N-dealkylation sites (N-methyl/N-ethyl adjacent to an activating group) is 2. The minimum Gasteiger partial charge on any atom is -0.481 e. The zero-order valence-corrected chi connectivity index (χ0v) is 30.3. The third-order valence-electron chi connectivity index (χ3n) is 9.76. The molecule has 0 radical (unpaired) electrons. The van der Waals surface area contributed by atoms with Crippen LogP contribution >= 0.6 is 23.2 Å². The molecule has 0 spiro atoms. The van der Waals surface area contributed by atoms with Gasteiger partial charge in [-0.15, -0.1) is 0 Å². The highest BCUT2D eigenvalue weighted by atomic mass is 35.5. The van der Waals surface area contributed by atoms with Gasteiger partial charge in [-0.2, -0.15) is 0 Å². The molecule has 2 unspecified atom stereocenters. The van der Waals surface area contributed by atoms with Crippen LogP contribution in [0.5, 0.6) is 11.8 Å². The summed E-state index contributed by atoms with van der Waals surface area (Å²) in [6, 6.07) is 19.8. The Morgan fingerprint density at radius 1 is 0.660 bits per heavy atom. The fraction of sp³-hybridized carbons (Fsp3) is 0.368. The van der Waals surface area contributed by atoms with Crippen molar-refractivity contribution in [3.05, 3.63) is 81.8 Å². The van der Waals surface area contributed by atoms with E-state index in [0.29, 0.717) is 72.2 Å². The van der Waals surface area contributed by atoms with Crippen LogP contribution in [-0.2, 0) is 22.7 Å². The second-order valence-electron chi connectivity index (χ2n) is 12.7. The number of halogens is 2. The zero-order valence-electron chi connectivity index (χ0n) is 28.8. The lowest BCUT2D eigenvalue weighted by atomic mass is 9.98. The SMILES string of the molecule is COc1nc(-c2cccc(-c3cccc(-c4ccc(CNCC5CCC(=O)N5C)c(OC)n4)c3Cl)c2Cl)ccc1CNCC1CCC(=O)N1C. The molecule has 262 valence electrons. The molecule has 2 saturated heterocycles. The lowest BCUT2D eigenvalue weighted by molar-refractivity contribution is -0.128. The fourth-order valence-corrected chi connectivity index (χ4v) is 7.34. The summed E-state index contributed by atoms with van der Waals surface area (Å²) in [5.74, 6) is 1.39. The van der Waals surface area contributed by atoms with Gasteiger partial charge in [0.15, 0.2) is 0 Å². The normalized spacial score (nSPS) is 17.6. The molecule has 2 N–H and O–H groups in total. The smallest absolute Gasteiger partial charge is 0.222 e. The Labute approximate surface area is 303 Å². The third-order valence-corrected chi connectivity index (χ3v) is 10.6. The molecule has 2 aliphatic heterocycles. The monoisotopic (exact) mass is 716 g/mol. The van der Waals surface area contributed by atoms with Crippen molar-refractivity contribution in [3.8, 4) is 45.4 Å². The van der Waals surface area contributed by atoms with E-state index in [1.807, 2.05) is 84.6 Å². The van der Waals surface area contributed by atoms with Gasteiger partial charge in [-0.25, -0.2) is 9.97 Å². The van der Waals surface area contributed by atoms with Crippen LogP contribution in [0.25, 0.3) is 33.6 Å². The van der Waals surface area contributed by atoms with Crippen LogP contribution in [0.15, 0.2) is 60.7 Å². The minimum atomic E-state index is 0.187. The average molecular weight is 718 g/mol. The number of likely N-dealkylation sites (tertiary alicyclic amines) is 2. The second-order valence-corrected chi connectivity index (χ2v) is 13.5. The molecule has 50 heavy (non-hydrogen) atoms. The maximum absolute atomic E-state index is 11.9. The number of methoxy groups -OCH3 is 2. The molecule has 0 aliphatic carbocycles. The van der Waals surface area contributed by atoms with Crippen molar-refractivity contribution in [1.29, 1.82) is 0 Å². The van der Waals surface area contributed by atoms with Gasteiger partial charge < -0.3 is 29.9 Å². The quantitative estimate of drug-likeness (QED) is 0.168.